The van der Waals surface area contributed by atoms with Gasteiger partial charge in [0, 0.05) is 6.21 Å². The number of benzene rings is 2. The van der Waals surface area contributed by atoms with E-state index < -0.39 is 0 Å². The number of aliphatic imine (C=N–C) groups is 1. The van der Waals surface area contributed by atoms with Gasteiger partial charge in [0.2, 0.25) is 0 Å². The van der Waals surface area contributed by atoms with Gasteiger partial charge >= 0.3 is 0 Å². The molecule has 0 bridgehead atoms. The highest BCUT2D eigenvalue weighted by molar-refractivity contribution is 5.84. The van der Waals surface area contributed by atoms with E-state index in [2.05, 4.69) is 23.9 Å². The van der Waals surface area contributed by atoms with Crippen LogP contribution in [0.4, 0.5) is 5.69 Å². The lowest BCUT2D eigenvalue weighted by Crippen LogP contribution is -1.93. The van der Waals surface area contributed by atoms with Gasteiger partial charge in [0.05, 0.1) is 0 Å². The Labute approximate surface area is 113 Å². The normalized spacial score (nSPS) is 10.3. The summed E-state index contributed by atoms with van der Waals surface area (Å²) >= 11 is 0. The van der Waals surface area contributed by atoms with E-state index in [1.807, 2.05) is 48.7 Å². The van der Waals surface area contributed by atoms with Crippen molar-refractivity contribution in [3.05, 3.63) is 59.7 Å². The zero-order valence-corrected chi connectivity index (χ0v) is 10.8. The summed E-state index contributed by atoms with van der Waals surface area (Å²) in [5.74, 6) is 3.15. The first kappa shape index (κ1) is 12.9. The van der Waals surface area contributed by atoms with Crippen LogP contribution in [-0.2, 0) is 0 Å². The summed E-state index contributed by atoms with van der Waals surface area (Å²) < 4.78 is 5.46. The number of aryl methyl sites for hydroxylation is 1. The van der Waals surface area contributed by atoms with E-state index in [1.165, 1.54) is 5.56 Å². The maximum atomic E-state index is 5.46. The Morgan fingerprint density at radius 1 is 1.16 bits per heavy atom. The molecular weight excluding hydrogens is 234 g/mol. The molecule has 0 aliphatic heterocycles. The van der Waals surface area contributed by atoms with Crippen molar-refractivity contribution in [2.75, 3.05) is 6.61 Å². The minimum Gasteiger partial charge on any atom is -0.479 e. The first-order valence-corrected chi connectivity index (χ1v) is 6.06. The summed E-state index contributed by atoms with van der Waals surface area (Å²) in [5.41, 5.74) is 3.06. The van der Waals surface area contributed by atoms with Gasteiger partial charge in [-0.05, 0) is 30.2 Å². The summed E-state index contributed by atoms with van der Waals surface area (Å²) in [6, 6.07) is 15.7. The molecule has 19 heavy (non-hydrogen) atoms. The van der Waals surface area contributed by atoms with E-state index in [9.17, 15) is 0 Å². The number of hydrogen-bond acceptors (Lipinski definition) is 2. The summed E-state index contributed by atoms with van der Waals surface area (Å²) in [5, 5.41) is 0. The fourth-order valence-electron chi connectivity index (χ4n) is 1.68. The highest BCUT2D eigenvalue weighted by atomic mass is 16.5. The van der Waals surface area contributed by atoms with Gasteiger partial charge in [-0.1, -0.05) is 42.3 Å². The number of para-hydroxylation sites is 2. The maximum absolute atomic E-state index is 5.46. The van der Waals surface area contributed by atoms with Gasteiger partial charge in [-0.2, -0.15) is 0 Å². The Balaban J connectivity index is 2.24. The summed E-state index contributed by atoms with van der Waals surface area (Å²) in [6.07, 6.45) is 7.04. The lowest BCUT2D eigenvalue weighted by atomic mass is 10.1. The molecule has 0 amide bonds. The Hall–Kier alpha value is -2.53. The number of hydrogen-bond donors (Lipinski definition) is 0. The Bertz CT molecular complexity index is 623. The topological polar surface area (TPSA) is 21.6 Å². The zero-order chi connectivity index (χ0) is 13.5. The zero-order valence-electron chi connectivity index (χ0n) is 10.8. The minimum atomic E-state index is 0.247. The smallest absolute Gasteiger partial charge is 0.148 e. The van der Waals surface area contributed by atoms with Crippen LogP contribution in [0.5, 0.6) is 5.75 Å². The van der Waals surface area contributed by atoms with Gasteiger partial charge in [-0.3, -0.25) is 4.99 Å². The molecule has 2 aromatic carbocycles. The van der Waals surface area contributed by atoms with E-state index in [0.717, 1.165) is 11.3 Å². The van der Waals surface area contributed by atoms with Crippen molar-refractivity contribution in [3.63, 3.8) is 0 Å². The number of terminal acetylenes is 1. The fraction of sp³-hybridized carbons (Fsp3) is 0.118. The quantitative estimate of drug-likeness (QED) is 0.597. The van der Waals surface area contributed by atoms with Crippen LogP contribution in [0, 0.1) is 19.3 Å². The van der Waals surface area contributed by atoms with Crippen LogP contribution in [0.2, 0.25) is 0 Å². The molecule has 0 heterocycles. The van der Waals surface area contributed by atoms with Crippen molar-refractivity contribution >= 4 is 11.9 Å². The van der Waals surface area contributed by atoms with Gasteiger partial charge in [0.1, 0.15) is 18.0 Å². The molecule has 0 radical (unpaired) electrons. The third kappa shape index (κ3) is 3.46. The predicted molar refractivity (Wildman–Crippen MR) is 79.2 cm³/mol. The molecule has 0 saturated heterocycles. The summed E-state index contributed by atoms with van der Waals surface area (Å²) in [6.45, 7) is 2.30. The molecular formula is C17H15NO. The number of nitrogens with zero attached hydrogens (tertiary/aromatic N) is 1. The molecule has 2 nitrogen and oxygen atoms in total. The second-order valence-electron chi connectivity index (χ2n) is 4.08. The number of rotatable bonds is 4. The Morgan fingerprint density at radius 2 is 1.89 bits per heavy atom. The third-order valence-electron chi connectivity index (χ3n) is 2.71. The van der Waals surface area contributed by atoms with Gasteiger partial charge in [0.15, 0.2) is 0 Å². The molecule has 2 heteroatoms. The molecule has 2 aromatic rings. The molecule has 0 spiro atoms. The van der Waals surface area contributed by atoms with Crippen LogP contribution in [-0.4, -0.2) is 12.8 Å². The third-order valence-corrected chi connectivity index (χ3v) is 2.71. The molecule has 0 aliphatic carbocycles. The Morgan fingerprint density at radius 3 is 2.68 bits per heavy atom. The first-order chi connectivity index (χ1) is 9.31. The summed E-state index contributed by atoms with van der Waals surface area (Å²) in [7, 11) is 0. The van der Waals surface area contributed by atoms with Gasteiger partial charge in [0.25, 0.3) is 0 Å². The van der Waals surface area contributed by atoms with Crippen LogP contribution in [0.1, 0.15) is 11.1 Å². The lowest BCUT2D eigenvalue weighted by Gasteiger charge is -2.05. The SMILES string of the molecule is C#CCOc1ccccc1N=Cc1ccccc1C. The molecule has 0 fully saturated rings. The highest BCUT2D eigenvalue weighted by Gasteiger charge is 2.00. The molecule has 0 aromatic heterocycles. The van der Waals surface area contributed by atoms with Crippen LogP contribution in [0.3, 0.4) is 0 Å². The molecule has 0 N–H and O–H groups in total. The average Bonchev–Trinajstić information content (AvgIpc) is 2.45. The minimum absolute atomic E-state index is 0.247. The molecule has 0 unspecified atom stereocenters. The van der Waals surface area contributed by atoms with E-state index in [0.29, 0.717) is 5.75 Å². The van der Waals surface area contributed by atoms with Crippen molar-refractivity contribution < 1.29 is 4.74 Å². The van der Waals surface area contributed by atoms with Crippen molar-refractivity contribution in [3.8, 4) is 18.1 Å². The van der Waals surface area contributed by atoms with Crippen LogP contribution in [0.15, 0.2) is 53.5 Å². The largest absolute Gasteiger partial charge is 0.479 e. The van der Waals surface area contributed by atoms with Crippen molar-refractivity contribution in [1.29, 1.82) is 0 Å². The van der Waals surface area contributed by atoms with E-state index in [4.69, 9.17) is 11.2 Å². The monoisotopic (exact) mass is 249 g/mol. The summed E-state index contributed by atoms with van der Waals surface area (Å²) in [4.78, 5) is 4.47. The fourth-order valence-corrected chi connectivity index (χ4v) is 1.68. The van der Waals surface area contributed by atoms with Crippen molar-refractivity contribution in [2.45, 2.75) is 6.92 Å². The molecule has 0 aliphatic rings. The second kappa shape index (κ2) is 6.42. The van der Waals surface area contributed by atoms with E-state index in [1.54, 1.807) is 0 Å². The standard InChI is InChI=1S/C17H15NO/c1-3-12-19-17-11-7-6-10-16(17)18-13-15-9-5-4-8-14(15)2/h1,4-11,13H,12H2,2H3. The molecule has 2 rings (SSSR count). The van der Waals surface area contributed by atoms with Crippen molar-refractivity contribution in [1.82, 2.24) is 0 Å². The molecule has 0 saturated carbocycles. The van der Waals surface area contributed by atoms with E-state index in [-0.39, 0.29) is 6.61 Å². The lowest BCUT2D eigenvalue weighted by molar-refractivity contribution is 0.372. The van der Waals surface area contributed by atoms with Crippen molar-refractivity contribution in [2.24, 2.45) is 4.99 Å². The van der Waals surface area contributed by atoms with Crippen LogP contribution >= 0.6 is 0 Å². The molecule has 0 atom stereocenters. The number of ether oxygens (including phenoxy) is 1. The van der Waals surface area contributed by atoms with Crippen LogP contribution < -0.4 is 4.74 Å². The Kier molecular flexibility index (Phi) is 4.36. The molecule has 94 valence electrons. The van der Waals surface area contributed by atoms with Gasteiger partial charge < -0.3 is 4.74 Å². The van der Waals surface area contributed by atoms with E-state index >= 15 is 0 Å². The van der Waals surface area contributed by atoms with Crippen LogP contribution in [0.25, 0.3) is 0 Å². The van der Waals surface area contributed by atoms with Gasteiger partial charge in [-0.25, -0.2) is 0 Å². The van der Waals surface area contributed by atoms with Gasteiger partial charge in [-0.15, -0.1) is 6.42 Å². The predicted octanol–water partition coefficient (Wildman–Crippen LogP) is 3.76. The highest BCUT2D eigenvalue weighted by Crippen LogP contribution is 2.26. The average molecular weight is 249 g/mol. The second-order valence-corrected chi connectivity index (χ2v) is 4.08. The maximum Gasteiger partial charge on any atom is 0.148 e. The first-order valence-electron chi connectivity index (χ1n) is 6.06.